The van der Waals surface area contributed by atoms with Gasteiger partial charge in [-0.1, -0.05) is 26.0 Å². The van der Waals surface area contributed by atoms with E-state index in [-0.39, 0.29) is 17.7 Å². The minimum absolute atomic E-state index is 0.0249. The summed E-state index contributed by atoms with van der Waals surface area (Å²) in [7, 11) is 1.67. The fourth-order valence-corrected chi connectivity index (χ4v) is 6.78. The maximum atomic E-state index is 14.2. The molecule has 0 unspecified atom stereocenters. The number of anilines is 1. The van der Waals surface area contributed by atoms with Crippen molar-refractivity contribution in [3.63, 3.8) is 0 Å². The zero-order valence-corrected chi connectivity index (χ0v) is 22.7. The number of alkyl halides is 3. The van der Waals surface area contributed by atoms with E-state index in [0.29, 0.717) is 35.5 Å². The normalized spacial score (nSPS) is 25.3. The second-order valence-electron chi connectivity index (χ2n) is 11.8. The molecule has 1 amide bonds. The highest BCUT2D eigenvalue weighted by Crippen LogP contribution is 2.50. The number of likely N-dealkylation sites (tertiary alicyclic amines) is 1. The lowest BCUT2D eigenvalue weighted by atomic mass is 9.58. The SMILES string of the molecule is CC1CC(C(=N)N(C)C=N)(c2cccc(N3Cc4c(cc(CN5CCC[C@H](C)C5)cc4C(F)(F)F)C3=O)c2)C1. The fourth-order valence-electron chi connectivity index (χ4n) is 6.78. The summed E-state index contributed by atoms with van der Waals surface area (Å²) in [5, 5.41) is 16.4. The number of amidine groups is 1. The van der Waals surface area contributed by atoms with Gasteiger partial charge in [-0.05, 0) is 85.0 Å². The average Bonchev–Trinajstić information content (AvgIpc) is 3.21. The van der Waals surface area contributed by atoms with Crippen LogP contribution in [0.2, 0.25) is 0 Å². The molecule has 2 fully saturated rings. The first-order chi connectivity index (χ1) is 18.4. The third kappa shape index (κ3) is 4.97. The largest absolute Gasteiger partial charge is 0.416 e. The monoisotopic (exact) mass is 539 g/mol. The van der Waals surface area contributed by atoms with E-state index in [9.17, 15) is 18.0 Å². The lowest BCUT2D eigenvalue weighted by Gasteiger charge is -2.48. The lowest BCUT2D eigenvalue weighted by Crippen LogP contribution is -2.52. The van der Waals surface area contributed by atoms with Crippen LogP contribution in [0.3, 0.4) is 0 Å². The van der Waals surface area contributed by atoms with Crippen LogP contribution in [-0.2, 0) is 24.7 Å². The predicted molar refractivity (Wildman–Crippen MR) is 146 cm³/mol. The van der Waals surface area contributed by atoms with Crippen molar-refractivity contribution < 1.29 is 18.0 Å². The molecule has 2 N–H and O–H groups in total. The van der Waals surface area contributed by atoms with Crippen LogP contribution in [0.5, 0.6) is 0 Å². The summed E-state index contributed by atoms with van der Waals surface area (Å²) in [4.78, 5) is 18.7. The fraction of sp³-hybridized carbons (Fsp3) is 0.500. The van der Waals surface area contributed by atoms with Gasteiger partial charge >= 0.3 is 6.18 Å². The van der Waals surface area contributed by atoms with Crippen LogP contribution in [0.1, 0.15) is 72.1 Å². The Morgan fingerprint density at radius 1 is 1.18 bits per heavy atom. The topological polar surface area (TPSA) is 74.5 Å². The first-order valence-electron chi connectivity index (χ1n) is 13.6. The Balaban J connectivity index is 1.48. The van der Waals surface area contributed by atoms with Gasteiger partial charge in [-0.15, -0.1) is 0 Å². The molecule has 0 radical (unpaired) electrons. The summed E-state index contributed by atoms with van der Waals surface area (Å²) in [5.74, 6) is 0.785. The smallest absolute Gasteiger partial charge is 0.324 e. The van der Waals surface area contributed by atoms with Gasteiger partial charge in [0.2, 0.25) is 0 Å². The van der Waals surface area contributed by atoms with Gasteiger partial charge in [0.05, 0.1) is 23.9 Å². The maximum absolute atomic E-state index is 14.2. The van der Waals surface area contributed by atoms with E-state index < -0.39 is 23.1 Å². The Morgan fingerprint density at radius 2 is 1.92 bits per heavy atom. The highest BCUT2D eigenvalue weighted by molar-refractivity contribution is 6.10. The second-order valence-corrected chi connectivity index (χ2v) is 11.8. The minimum atomic E-state index is -4.56. The number of nitrogens with one attached hydrogen (secondary N) is 2. The zero-order valence-electron chi connectivity index (χ0n) is 22.7. The molecule has 1 aliphatic carbocycles. The summed E-state index contributed by atoms with van der Waals surface area (Å²) in [6.45, 7) is 6.21. The molecule has 0 bridgehead atoms. The molecule has 0 aromatic heterocycles. The standard InChI is InChI=1S/C30H36F3N5O/c1-19-6-5-9-37(15-19)16-21-10-24-25(26(11-21)30(31,32)33)17-38(27(24)39)23-8-4-7-22(12-23)29(13-20(2)14-29)28(35)36(3)18-34/h4,7-8,10-12,18-20,34-35H,5-6,9,13-17H2,1-3H3/t19-,20?,29?/m0/s1. The van der Waals surface area contributed by atoms with Crippen molar-refractivity contribution in [1.29, 1.82) is 10.8 Å². The molecule has 0 spiro atoms. The molecule has 1 saturated carbocycles. The van der Waals surface area contributed by atoms with Crippen LogP contribution in [-0.4, -0.2) is 48.0 Å². The van der Waals surface area contributed by atoms with Gasteiger partial charge in [0.1, 0.15) is 5.84 Å². The van der Waals surface area contributed by atoms with E-state index in [0.717, 1.165) is 50.7 Å². The summed E-state index contributed by atoms with van der Waals surface area (Å²) in [5.41, 5.74) is 0.715. The molecule has 2 aromatic carbocycles. The van der Waals surface area contributed by atoms with E-state index in [2.05, 4.69) is 18.7 Å². The third-order valence-electron chi connectivity index (χ3n) is 8.66. The van der Waals surface area contributed by atoms with Gasteiger partial charge < -0.3 is 9.80 Å². The summed E-state index contributed by atoms with van der Waals surface area (Å²) < 4.78 is 42.7. The van der Waals surface area contributed by atoms with Gasteiger partial charge in [-0.3, -0.25) is 20.5 Å². The summed E-state index contributed by atoms with van der Waals surface area (Å²) in [6.07, 6.45) is 0.161. The molecule has 5 rings (SSSR count). The van der Waals surface area contributed by atoms with Crippen LogP contribution < -0.4 is 4.90 Å². The number of hydrogen-bond donors (Lipinski definition) is 2. The Hall–Kier alpha value is -3.20. The van der Waals surface area contributed by atoms with E-state index in [1.807, 2.05) is 12.1 Å². The minimum Gasteiger partial charge on any atom is -0.324 e. The molecule has 2 heterocycles. The Labute approximate surface area is 227 Å². The van der Waals surface area contributed by atoms with Crippen molar-refractivity contribution in [2.75, 3.05) is 25.0 Å². The highest BCUT2D eigenvalue weighted by Gasteiger charge is 2.49. The van der Waals surface area contributed by atoms with Crippen LogP contribution in [0.15, 0.2) is 36.4 Å². The van der Waals surface area contributed by atoms with Crippen LogP contribution in [0.4, 0.5) is 18.9 Å². The van der Waals surface area contributed by atoms with Crippen LogP contribution in [0.25, 0.3) is 0 Å². The summed E-state index contributed by atoms with van der Waals surface area (Å²) >= 11 is 0. The Morgan fingerprint density at radius 3 is 2.56 bits per heavy atom. The van der Waals surface area contributed by atoms with E-state index >= 15 is 0 Å². The zero-order chi connectivity index (χ0) is 28.1. The molecular weight excluding hydrogens is 503 g/mol. The second kappa shape index (κ2) is 10.1. The van der Waals surface area contributed by atoms with Gasteiger partial charge in [0.25, 0.3) is 5.91 Å². The van der Waals surface area contributed by atoms with Crippen molar-refractivity contribution in [1.82, 2.24) is 9.80 Å². The van der Waals surface area contributed by atoms with Crippen molar-refractivity contribution in [2.24, 2.45) is 11.8 Å². The van der Waals surface area contributed by atoms with E-state index in [1.165, 1.54) is 15.9 Å². The van der Waals surface area contributed by atoms with E-state index in [1.54, 1.807) is 25.2 Å². The van der Waals surface area contributed by atoms with Crippen molar-refractivity contribution >= 4 is 23.8 Å². The number of fused-ring (bicyclic) bond motifs is 1. The number of carbonyl (C=O) groups excluding carboxylic acids is 1. The quantitative estimate of drug-likeness (QED) is 0.335. The number of rotatable bonds is 6. The first-order valence-corrected chi connectivity index (χ1v) is 13.6. The summed E-state index contributed by atoms with van der Waals surface area (Å²) in [6, 6.07) is 10.2. The molecule has 3 aliphatic rings. The number of nitrogens with zero attached hydrogens (tertiary/aromatic N) is 3. The maximum Gasteiger partial charge on any atom is 0.416 e. The molecule has 9 heteroatoms. The molecule has 208 valence electrons. The average molecular weight is 540 g/mol. The molecule has 1 atom stereocenters. The molecule has 1 saturated heterocycles. The number of halogens is 3. The molecule has 39 heavy (non-hydrogen) atoms. The predicted octanol–water partition coefficient (Wildman–Crippen LogP) is 6.28. The molecule has 2 aliphatic heterocycles. The number of likely N-dealkylation sites (N-methyl/N-ethyl adjacent to an activating group) is 1. The number of amides is 1. The van der Waals surface area contributed by atoms with Crippen molar-refractivity contribution in [3.05, 3.63) is 64.2 Å². The lowest BCUT2D eigenvalue weighted by molar-refractivity contribution is -0.138. The van der Waals surface area contributed by atoms with Crippen LogP contribution in [0, 0.1) is 22.7 Å². The third-order valence-corrected chi connectivity index (χ3v) is 8.66. The van der Waals surface area contributed by atoms with Crippen molar-refractivity contribution in [2.45, 2.75) is 64.2 Å². The number of benzene rings is 2. The molecule has 2 aromatic rings. The van der Waals surface area contributed by atoms with Gasteiger partial charge in [-0.25, -0.2) is 0 Å². The molecular formula is C30H36F3N5O. The number of carbonyl (C=O) groups is 1. The van der Waals surface area contributed by atoms with Gasteiger partial charge in [0, 0.05) is 31.4 Å². The Kier molecular flexibility index (Phi) is 7.07. The van der Waals surface area contributed by atoms with Gasteiger partial charge in [0.15, 0.2) is 0 Å². The number of hydrogen-bond acceptors (Lipinski definition) is 4. The number of piperidine rings is 1. The van der Waals surface area contributed by atoms with E-state index in [4.69, 9.17) is 10.8 Å². The van der Waals surface area contributed by atoms with Crippen LogP contribution >= 0.6 is 0 Å². The highest BCUT2D eigenvalue weighted by atomic mass is 19.4. The van der Waals surface area contributed by atoms with Crippen molar-refractivity contribution in [3.8, 4) is 0 Å². The molecule has 6 nitrogen and oxygen atoms in total. The first kappa shape index (κ1) is 27.4. The van der Waals surface area contributed by atoms with Gasteiger partial charge in [-0.2, -0.15) is 13.2 Å². The Bertz CT molecular complexity index is 1300.